The summed E-state index contributed by atoms with van der Waals surface area (Å²) in [5.41, 5.74) is 1.04. The van der Waals surface area contributed by atoms with E-state index in [1.807, 2.05) is 25.1 Å². The molecule has 0 radical (unpaired) electrons. The number of hydrogen-bond donors (Lipinski definition) is 2. The highest BCUT2D eigenvalue weighted by Crippen LogP contribution is 2.43. The third kappa shape index (κ3) is 3.55. The Morgan fingerprint density at radius 1 is 1.28 bits per heavy atom. The van der Waals surface area contributed by atoms with Crippen molar-refractivity contribution in [2.24, 2.45) is 0 Å². The first-order chi connectivity index (χ1) is 12.0. The molecule has 7 nitrogen and oxygen atoms in total. The molecular weight excluding hydrogens is 320 g/mol. The van der Waals surface area contributed by atoms with Gasteiger partial charge < -0.3 is 10.4 Å². The maximum atomic E-state index is 12.4. The molecule has 1 aromatic heterocycles. The minimum atomic E-state index is -1.16. The Labute approximate surface area is 146 Å². The van der Waals surface area contributed by atoms with Crippen molar-refractivity contribution >= 4 is 11.9 Å². The van der Waals surface area contributed by atoms with Crippen LogP contribution in [0, 0.1) is 0 Å². The molecule has 3 rings (SSSR count). The minimum absolute atomic E-state index is 0.0210. The minimum Gasteiger partial charge on any atom is -0.476 e. The maximum absolute atomic E-state index is 12.4. The van der Waals surface area contributed by atoms with Crippen LogP contribution in [0.4, 0.5) is 0 Å². The van der Waals surface area contributed by atoms with Crippen LogP contribution in [-0.2, 0) is 16.8 Å². The molecule has 1 aliphatic carbocycles. The van der Waals surface area contributed by atoms with Crippen LogP contribution in [0.3, 0.4) is 0 Å². The van der Waals surface area contributed by atoms with Gasteiger partial charge in [-0.1, -0.05) is 48.4 Å². The van der Waals surface area contributed by atoms with E-state index < -0.39 is 5.97 Å². The summed E-state index contributed by atoms with van der Waals surface area (Å²) in [5, 5.41) is 19.1. The fourth-order valence-corrected chi connectivity index (χ4v) is 3.79. The molecule has 1 atom stereocenters. The number of nitrogens with one attached hydrogen (secondary N) is 1. The first-order valence-electron chi connectivity index (χ1n) is 8.49. The third-order valence-electron chi connectivity index (χ3n) is 5.11. The van der Waals surface area contributed by atoms with Crippen molar-refractivity contribution in [2.45, 2.75) is 50.6 Å². The van der Waals surface area contributed by atoms with Crippen molar-refractivity contribution in [3.05, 3.63) is 47.8 Å². The Morgan fingerprint density at radius 2 is 1.96 bits per heavy atom. The average molecular weight is 342 g/mol. The second kappa shape index (κ2) is 7.04. The third-order valence-corrected chi connectivity index (χ3v) is 5.11. The number of aromatic carboxylic acids is 1. The lowest BCUT2D eigenvalue weighted by atomic mass is 9.73. The van der Waals surface area contributed by atoms with Gasteiger partial charge in [-0.3, -0.25) is 4.79 Å². The van der Waals surface area contributed by atoms with Gasteiger partial charge in [0.05, 0.1) is 6.20 Å². The SMILES string of the molecule is CC(NC(=O)Cn1cc(C(=O)O)nn1)C1(c2ccccc2)CCCC1. The van der Waals surface area contributed by atoms with E-state index in [1.165, 1.54) is 16.4 Å². The highest BCUT2D eigenvalue weighted by atomic mass is 16.4. The van der Waals surface area contributed by atoms with Gasteiger partial charge >= 0.3 is 5.97 Å². The first-order valence-corrected chi connectivity index (χ1v) is 8.49. The zero-order valence-corrected chi connectivity index (χ0v) is 14.2. The highest BCUT2D eigenvalue weighted by Gasteiger charge is 2.41. The summed E-state index contributed by atoms with van der Waals surface area (Å²) in [4.78, 5) is 23.2. The summed E-state index contributed by atoms with van der Waals surface area (Å²) < 4.78 is 1.25. The summed E-state index contributed by atoms with van der Waals surface area (Å²) in [6.45, 7) is 2.00. The number of hydrogen-bond acceptors (Lipinski definition) is 4. The Hall–Kier alpha value is -2.70. The molecule has 0 aliphatic heterocycles. The van der Waals surface area contributed by atoms with E-state index in [9.17, 15) is 9.59 Å². The molecule has 0 saturated heterocycles. The van der Waals surface area contributed by atoms with E-state index in [0.717, 1.165) is 25.7 Å². The molecule has 2 N–H and O–H groups in total. The van der Waals surface area contributed by atoms with Crippen LogP contribution in [0.1, 0.15) is 48.7 Å². The second-order valence-electron chi connectivity index (χ2n) is 6.62. The zero-order chi connectivity index (χ0) is 17.9. The van der Waals surface area contributed by atoms with Gasteiger partial charge in [-0.15, -0.1) is 5.10 Å². The predicted octanol–water partition coefficient (Wildman–Crippen LogP) is 1.99. The van der Waals surface area contributed by atoms with Crippen molar-refractivity contribution < 1.29 is 14.7 Å². The molecule has 1 saturated carbocycles. The Morgan fingerprint density at radius 3 is 2.56 bits per heavy atom. The normalized spacial score (nSPS) is 17.2. The van der Waals surface area contributed by atoms with Crippen LogP contribution in [0.25, 0.3) is 0 Å². The maximum Gasteiger partial charge on any atom is 0.358 e. The average Bonchev–Trinajstić information content (AvgIpc) is 3.25. The van der Waals surface area contributed by atoms with Gasteiger partial charge in [0.25, 0.3) is 0 Å². The van der Waals surface area contributed by atoms with Gasteiger partial charge in [-0.05, 0) is 25.3 Å². The van der Waals surface area contributed by atoms with Crippen LogP contribution < -0.4 is 5.32 Å². The largest absolute Gasteiger partial charge is 0.476 e. The highest BCUT2D eigenvalue weighted by molar-refractivity contribution is 5.84. The number of nitrogens with zero attached hydrogens (tertiary/aromatic N) is 3. The topological polar surface area (TPSA) is 97.1 Å². The van der Waals surface area contributed by atoms with Crippen LogP contribution in [0.2, 0.25) is 0 Å². The lowest BCUT2D eigenvalue weighted by Gasteiger charge is -2.36. The van der Waals surface area contributed by atoms with Crippen molar-refractivity contribution in [1.82, 2.24) is 20.3 Å². The van der Waals surface area contributed by atoms with Gasteiger partial charge in [-0.2, -0.15) is 0 Å². The number of rotatable bonds is 6. The molecule has 1 amide bonds. The number of amides is 1. The summed E-state index contributed by atoms with van der Waals surface area (Å²) in [6.07, 6.45) is 5.66. The molecule has 1 unspecified atom stereocenters. The van der Waals surface area contributed by atoms with E-state index in [4.69, 9.17) is 5.11 Å². The summed E-state index contributed by atoms with van der Waals surface area (Å²) in [6, 6.07) is 10.3. The summed E-state index contributed by atoms with van der Waals surface area (Å²) in [7, 11) is 0. The molecule has 1 heterocycles. The predicted molar refractivity (Wildman–Crippen MR) is 91.2 cm³/mol. The van der Waals surface area contributed by atoms with Crippen LogP contribution >= 0.6 is 0 Å². The summed E-state index contributed by atoms with van der Waals surface area (Å²) in [5.74, 6) is -1.36. The van der Waals surface area contributed by atoms with E-state index in [2.05, 4.69) is 27.8 Å². The Kier molecular flexibility index (Phi) is 4.83. The number of carbonyl (C=O) groups is 2. The molecule has 1 fully saturated rings. The summed E-state index contributed by atoms with van der Waals surface area (Å²) >= 11 is 0. The zero-order valence-electron chi connectivity index (χ0n) is 14.2. The molecular formula is C18H22N4O3. The number of carboxylic acid groups (broad SMARTS) is 1. The van der Waals surface area contributed by atoms with Crippen molar-refractivity contribution in [2.75, 3.05) is 0 Å². The molecule has 25 heavy (non-hydrogen) atoms. The second-order valence-corrected chi connectivity index (χ2v) is 6.62. The van der Waals surface area contributed by atoms with Crippen molar-refractivity contribution in [3.63, 3.8) is 0 Å². The Balaban J connectivity index is 1.70. The fraction of sp³-hybridized carbons (Fsp3) is 0.444. The van der Waals surface area contributed by atoms with Crippen LogP contribution in [-0.4, -0.2) is 38.0 Å². The monoisotopic (exact) mass is 342 g/mol. The molecule has 132 valence electrons. The lowest BCUT2D eigenvalue weighted by molar-refractivity contribution is -0.123. The van der Waals surface area contributed by atoms with Crippen molar-refractivity contribution in [3.8, 4) is 0 Å². The van der Waals surface area contributed by atoms with Gasteiger partial charge in [0.2, 0.25) is 5.91 Å². The van der Waals surface area contributed by atoms with Crippen molar-refractivity contribution in [1.29, 1.82) is 0 Å². The standard InChI is InChI=1S/C18H22N4O3/c1-13(18(9-5-6-10-18)14-7-3-2-4-8-14)19-16(23)12-22-11-15(17(24)25)20-21-22/h2-4,7-8,11,13H,5-6,9-10,12H2,1H3,(H,19,23)(H,24,25). The smallest absolute Gasteiger partial charge is 0.358 e. The van der Waals surface area contributed by atoms with E-state index in [1.54, 1.807) is 0 Å². The van der Waals surface area contributed by atoms with E-state index in [-0.39, 0.29) is 29.6 Å². The van der Waals surface area contributed by atoms with Gasteiger partial charge in [0.1, 0.15) is 6.54 Å². The van der Waals surface area contributed by atoms with Gasteiger partial charge in [0.15, 0.2) is 5.69 Å². The number of carboxylic acids is 1. The molecule has 1 aliphatic rings. The number of benzene rings is 1. The van der Waals surface area contributed by atoms with E-state index in [0.29, 0.717) is 0 Å². The van der Waals surface area contributed by atoms with Gasteiger partial charge in [0, 0.05) is 11.5 Å². The first kappa shape index (κ1) is 17.1. The fourth-order valence-electron chi connectivity index (χ4n) is 3.79. The quantitative estimate of drug-likeness (QED) is 0.837. The van der Waals surface area contributed by atoms with E-state index >= 15 is 0 Å². The number of aromatic nitrogens is 3. The van der Waals surface area contributed by atoms with Crippen LogP contribution in [0.15, 0.2) is 36.5 Å². The molecule has 0 spiro atoms. The molecule has 2 aromatic rings. The van der Waals surface area contributed by atoms with Crippen LogP contribution in [0.5, 0.6) is 0 Å². The molecule has 7 heteroatoms. The van der Waals surface area contributed by atoms with Gasteiger partial charge in [-0.25, -0.2) is 9.48 Å². The number of carbonyl (C=O) groups excluding carboxylic acids is 1. The lowest BCUT2D eigenvalue weighted by Crippen LogP contribution is -2.48. The molecule has 0 bridgehead atoms. The Bertz CT molecular complexity index is 751. The molecule has 1 aromatic carbocycles.